The van der Waals surface area contributed by atoms with Crippen LogP contribution >= 0.6 is 34.9 Å². The first-order chi connectivity index (χ1) is 21.8. The number of rotatable bonds is 13. The Morgan fingerprint density at radius 2 is 2.07 bits per heavy atom. The average molecular weight is 702 g/mol. The number of nitrogens with zero attached hydrogens (tertiary/aromatic N) is 7. The Morgan fingerprint density at radius 1 is 1.30 bits per heavy atom. The lowest BCUT2D eigenvalue weighted by atomic mass is 10.0. The van der Waals surface area contributed by atoms with Gasteiger partial charge in [0.15, 0.2) is 17.5 Å². The van der Waals surface area contributed by atoms with Crippen LogP contribution in [0.3, 0.4) is 0 Å². The largest absolute Gasteiger partial charge is 0.481 e. The van der Waals surface area contributed by atoms with E-state index in [1.54, 1.807) is 5.32 Å². The number of anilines is 1. The molecule has 2 aromatic heterocycles. The van der Waals surface area contributed by atoms with E-state index in [1.807, 2.05) is 0 Å². The van der Waals surface area contributed by atoms with Crippen LogP contribution in [0.25, 0.3) is 6.20 Å². The molecule has 2 aliphatic rings. The van der Waals surface area contributed by atoms with Gasteiger partial charge in [-0.15, -0.1) is 34.6 Å². The third-order valence-corrected chi connectivity index (χ3v) is 8.77. The maximum absolute atomic E-state index is 13.2. The van der Waals surface area contributed by atoms with Crippen LogP contribution in [0, 0.1) is 12.3 Å². The Labute approximate surface area is 267 Å². The maximum Gasteiger partial charge on any atom is 0.471 e. The van der Waals surface area contributed by atoms with E-state index < -0.39 is 64.7 Å². The Balaban J connectivity index is 1.47. The minimum absolute atomic E-state index is 0.0513. The number of alkyl halides is 3. The van der Waals surface area contributed by atoms with E-state index in [-0.39, 0.29) is 34.5 Å². The molecule has 1 fully saturated rings. The van der Waals surface area contributed by atoms with Gasteiger partial charge in [0.25, 0.3) is 11.8 Å². The summed E-state index contributed by atoms with van der Waals surface area (Å²) in [7, 11) is 0. The third-order valence-electron chi connectivity index (χ3n) is 5.66. The number of fused-ring (bicyclic) bond motifs is 1. The van der Waals surface area contributed by atoms with Gasteiger partial charge >= 0.3 is 24.0 Å². The van der Waals surface area contributed by atoms with Gasteiger partial charge in [-0.05, 0) is 16.0 Å². The molecule has 2 aliphatic heterocycles. The Hall–Kier alpha value is -4.95. The number of carboxylic acids is 2. The fourth-order valence-electron chi connectivity index (χ4n) is 3.73. The van der Waals surface area contributed by atoms with Crippen LogP contribution < -0.4 is 10.6 Å². The van der Waals surface area contributed by atoms with E-state index in [1.165, 1.54) is 17.0 Å². The van der Waals surface area contributed by atoms with E-state index in [9.17, 15) is 42.3 Å². The Kier molecular flexibility index (Phi) is 10.6. The zero-order chi connectivity index (χ0) is 33.6. The van der Waals surface area contributed by atoms with E-state index in [4.69, 9.17) is 16.4 Å². The third kappa shape index (κ3) is 7.82. The van der Waals surface area contributed by atoms with Crippen molar-refractivity contribution in [3.05, 3.63) is 28.4 Å². The second kappa shape index (κ2) is 14.4. The van der Waals surface area contributed by atoms with Gasteiger partial charge in [0.2, 0.25) is 5.16 Å². The lowest BCUT2D eigenvalue weighted by Gasteiger charge is -2.49. The maximum atomic E-state index is 13.2. The number of β-lactam (4-membered cyclic amide) rings is 1. The number of aromatic nitrogens is 5. The van der Waals surface area contributed by atoms with Crippen molar-refractivity contribution in [3.8, 4) is 12.3 Å². The predicted octanol–water partition coefficient (Wildman–Crippen LogP) is 0.461. The van der Waals surface area contributed by atoms with Crippen molar-refractivity contribution < 1.29 is 52.2 Å². The molecule has 23 heteroatoms. The Bertz CT molecular complexity index is 1700. The van der Waals surface area contributed by atoms with E-state index >= 15 is 0 Å². The van der Waals surface area contributed by atoms with Crippen LogP contribution in [-0.4, -0.2) is 111 Å². The van der Waals surface area contributed by atoms with Gasteiger partial charge < -0.3 is 20.4 Å². The van der Waals surface area contributed by atoms with Gasteiger partial charge in [0.05, 0.1) is 6.42 Å². The monoisotopic (exact) mass is 701 g/mol. The van der Waals surface area contributed by atoms with Crippen LogP contribution in [0.1, 0.15) is 12.1 Å². The number of carbonyl (C=O) groups excluding carboxylic acids is 3. The molecular formula is C23H18F3N9O8S3. The molecule has 2 atom stereocenters. The lowest BCUT2D eigenvalue weighted by molar-refractivity contribution is -0.167. The fraction of sp³-hybridized carbons (Fsp3) is 0.304. The first-order valence-electron chi connectivity index (χ1n) is 12.3. The van der Waals surface area contributed by atoms with Crippen molar-refractivity contribution in [3.63, 3.8) is 0 Å². The molecular weight excluding hydrogens is 684 g/mol. The first kappa shape index (κ1) is 33.9. The highest BCUT2D eigenvalue weighted by atomic mass is 32.2. The quantitative estimate of drug-likeness (QED) is 0.0555. The van der Waals surface area contributed by atoms with Gasteiger partial charge in [0.1, 0.15) is 22.8 Å². The molecule has 0 aliphatic carbocycles. The van der Waals surface area contributed by atoms with Gasteiger partial charge in [-0.2, -0.15) is 17.9 Å². The van der Waals surface area contributed by atoms with Crippen molar-refractivity contribution >= 4 is 81.6 Å². The van der Waals surface area contributed by atoms with Crippen LogP contribution in [0.15, 0.2) is 33.0 Å². The summed E-state index contributed by atoms with van der Waals surface area (Å²) in [5.74, 6) is -4.29. The summed E-state index contributed by atoms with van der Waals surface area (Å²) < 4.78 is 39.0. The number of thioether (sulfide) groups is 2. The Morgan fingerprint density at radius 3 is 2.74 bits per heavy atom. The highest BCUT2D eigenvalue weighted by Crippen LogP contribution is 2.41. The molecule has 0 bridgehead atoms. The number of tetrazole rings is 1. The van der Waals surface area contributed by atoms with Crippen molar-refractivity contribution in [1.82, 2.24) is 35.4 Å². The second-order valence-corrected chi connectivity index (χ2v) is 11.6. The smallest absolute Gasteiger partial charge is 0.471 e. The molecule has 2 aromatic rings. The summed E-state index contributed by atoms with van der Waals surface area (Å²) in [6, 6.07) is -1.23. The van der Waals surface area contributed by atoms with Crippen molar-refractivity contribution in [2.45, 2.75) is 29.2 Å². The van der Waals surface area contributed by atoms with Crippen LogP contribution in [-0.2, 0) is 28.8 Å². The summed E-state index contributed by atoms with van der Waals surface area (Å²) in [5, 5.41) is 37.3. The van der Waals surface area contributed by atoms with E-state index in [0.29, 0.717) is 16.9 Å². The summed E-state index contributed by atoms with van der Waals surface area (Å²) in [6.07, 6.45) is 2.30. The minimum atomic E-state index is -5.19. The van der Waals surface area contributed by atoms with E-state index in [0.717, 1.165) is 33.8 Å². The molecule has 4 N–H and O–H groups in total. The number of hydrogen-bond donors (Lipinski definition) is 4. The van der Waals surface area contributed by atoms with Crippen LogP contribution in [0.5, 0.6) is 0 Å². The molecule has 0 aromatic carbocycles. The topological polar surface area (TPSA) is 231 Å². The zero-order valence-corrected chi connectivity index (χ0v) is 25.1. The highest BCUT2D eigenvalue weighted by molar-refractivity contribution is 8.01. The van der Waals surface area contributed by atoms with E-state index in [2.05, 4.69) is 36.9 Å². The number of carbonyl (C=O) groups is 5. The summed E-state index contributed by atoms with van der Waals surface area (Å²) in [5.41, 5.74) is -0.834. The molecule has 4 rings (SSSR count). The number of nitrogens with one attached hydrogen (secondary N) is 2. The van der Waals surface area contributed by atoms with Gasteiger partial charge in [-0.3, -0.25) is 29.4 Å². The van der Waals surface area contributed by atoms with Crippen molar-refractivity contribution in [1.29, 1.82) is 0 Å². The average Bonchev–Trinajstić information content (AvgIpc) is 3.65. The standard InChI is InChI=1S/C23H18F3N9O8S3/c1-2-6-43-31-13(11-9-45-21(27-11)29-20(42)23(24,25)26)16(38)28-14-17(39)35-15(19(40)41)10(7-44-18(14)35)8-46-22-30-32-33-34(22)5-3-4-12(36)37/h1,3,5,9,14,18H,4,6-8H2,(H,28,38)(H,36,37)(H,40,41)(H,27,29,42)/t14?,18-/m1/s1. The zero-order valence-electron chi connectivity index (χ0n) is 22.6. The second-order valence-electron chi connectivity index (χ2n) is 8.70. The fourth-order valence-corrected chi connectivity index (χ4v) is 6.76. The summed E-state index contributed by atoms with van der Waals surface area (Å²) in [4.78, 5) is 70.1. The molecule has 0 radical (unpaired) electrons. The summed E-state index contributed by atoms with van der Waals surface area (Å²) in [6.45, 7) is -0.397. The number of thiazole rings is 1. The molecule has 242 valence electrons. The number of aliphatic carboxylic acids is 2. The van der Waals surface area contributed by atoms with Gasteiger partial charge in [-0.25, -0.2) is 9.78 Å². The SMILES string of the molecule is C#CCON=C(C(=O)NC1C(=O)N2C(C(=O)O)=C(CSc3nnnn3C=CCC(=O)O)CS[C@H]12)c1csc(NC(=O)C(F)(F)F)n1. The molecule has 46 heavy (non-hydrogen) atoms. The molecule has 3 amide bonds. The first-order valence-corrected chi connectivity index (χ1v) is 15.2. The van der Waals surface area contributed by atoms with Gasteiger partial charge in [-0.1, -0.05) is 28.9 Å². The van der Waals surface area contributed by atoms with Crippen molar-refractivity contribution in [2.75, 3.05) is 23.4 Å². The molecule has 1 unspecified atom stereocenters. The number of oxime groups is 1. The number of amides is 3. The summed E-state index contributed by atoms with van der Waals surface area (Å²) >= 11 is 2.75. The minimum Gasteiger partial charge on any atom is -0.481 e. The number of carboxylic acid groups (broad SMARTS) is 2. The molecule has 1 saturated heterocycles. The molecule has 0 saturated carbocycles. The lowest BCUT2D eigenvalue weighted by Crippen LogP contribution is -2.71. The number of hydrogen-bond acceptors (Lipinski definition) is 14. The molecule has 4 heterocycles. The molecule has 0 spiro atoms. The predicted molar refractivity (Wildman–Crippen MR) is 154 cm³/mol. The van der Waals surface area contributed by atoms with Crippen molar-refractivity contribution in [2.24, 2.45) is 5.16 Å². The number of halogens is 3. The normalized spacial score (nSPS) is 18.1. The van der Waals surface area contributed by atoms with Crippen LogP contribution in [0.4, 0.5) is 18.3 Å². The number of terminal acetylenes is 1. The molecule has 17 nitrogen and oxygen atoms in total. The van der Waals surface area contributed by atoms with Crippen LogP contribution in [0.2, 0.25) is 0 Å². The van der Waals surface area contributed by atoms with Gasteiger partial charge in [0, 0.05) is 23.1 Å². The highest BCUT2D eigenvalue weighted by Gasteiger charge is 2.54.